The first kappa shape index (κ1) is 41.2. The third kappa shape index (κ3) is 8.03. The highest BCUT2D eigenvalue weighted by molar-refractivity contribution is 7.90. The molecule has 2 N–H and O–H groups in total. The van der Waals surface area contributed by atoms with Crippen molar-refractivity contribution in [2.45, 2.75) is 80.6 Å². The number of aromatic nitrogens is 5. The molecule has 1 aliphatic carbocycles. The topological polar surface area (TPSA) is 174 Å². The summed E-state index contributed by atoms with van der Waals surface area (Å²) in [7, 11) is 0.0303. The van der Waals surface area contributed by atoms with Crippen molar-refractivity contribution in [3.63, 3.8) is 0 Å². The van der Waals surface area contributed by atoms with Crippen LogP contribution in [0.15, 0.2) is 64.4 Å². The predicted molar refractivity (Wildman–Crippen MR) is 217 cm³/mol. The van der Waals surface area contributed by atoms with E-state index in [1.54, 1.807) is 11.6 Å². The molecule has 3 aliphatic rings. The molecule has 1 unspecified atom stereocenters. The molecule has 2 saturated heterocycles. The lowest BCUT2D eigenvalue weighted by molar-refractivity contribution is -0.141. The summed E-state index contributed by atoms with van der Waals surface area (Å²) in [5.41, 5.74) is 0.723. The lowest BCUT2D eigenvalue weighted by atomic mass is 9.85. The summed E-state index contributed by atoms with van der Waals surface area (Å²) < 4.78 is 70.2. The smallest absolute Gasteiger partial charge is 0.370 e. The second-order valence-electron chi connectivity index (χ2n) is 16.3. The molecule has 60 heavy (non-hydrogen) atoms. The van der Waals surface area contributed by atoms with E-state index in [9.17, 15) is 40.8 Å². The van der Waals surface area contributed by atoms with Crippen LogP contribution in [0.2, 0.25) is 0 Å². The summed E-state index contributed by atoms with van der Waals surface area (Å²) in [6, 6.07) is 11.3. The number of imidazole rings is 1. The predicted octanol–water partition coefficient (Wildman–Crippen LogP) is 5.07. The molecule has 19 heteroatoms. The maximum absolute atomic E-state index is 13.5. The number of hydrogen-bond donors (Lipinski definition) is 2. The van der Waals surface area contributed by atoms with Gasteiger partial charge in [-0.3, -0.25) is 33.5 Å². The molecule has 2 aliphatic heterocycles. The molecule has 2 aromatic carbocycles. The Balaban J connectivity index is 0.887. The monoisotopic (exact) mass is 849 g/mol. The fourth-order valence-electron chi connectivity index (χ4n) is 9.17. The van der Waals surface area contributed by atoms with Crippen molar-refractivity contribution in [3.8, 4) is 0 Å². The number of halogens is 3. The first-order chi connectivity index (χ1) is 28.5. The van der Waals surface area contributed by atoms with Gasteiger partial charge >= 0.3 is 11.9 Å². The number of aryl methyl sites for hydroxylation is 1. The van der Waals surface area contributed by atoms with Crippen LogP contribution in [-0.2, 0) is 32.7 Å². The fraction of sp³-hybridized carbons (Fsp3) is 0.463. The van der Waals surface area contributed by atoms with E-state index in [1.807, 2.05) is 29.1 Å². The van der Waals surface area contributed by atoms with Gasteiger partial charge in [0.2, 0.25) is 11.8 Å². The molecule has 1 atom stereocenters. The number of piperidine rings is 2. The van der Waals surface area contributed by atoms with Crippen LogP contribution in [0, 0.1) is 5.92 Å². The van der Waals surface area contributed by atoms with E-state index in [4.69, 9.17) is 5.10 Å². The van der Waals surface area contributed by atoms with Gasteiger partial charge in [-0.15, -0.1) is 0 Å². The summed E-state index contributed by atoms with van der Waals surface area (Å²) >= 11 is 0. The van der Waals surface area contributed by atoms with Crippen LogP contribution in [0.4, 0.5) is 24.5 Å². The second-order valence-corrected chi connectivity index (χ2v) is 18.3. The summed E-state index contributed by atoms with van der Waals surface area (Å²) in [6.07, 6.45) is 4.09. The maximum atomic E-state index is 13.5. The Hall–Kier alpha value is -5.56. The highest BCUT2D eigenvalue weighted by Crippen LogP contribution is 2.37. The normalized spacial score (nSPS) is 20.9. The Morgan fingerprint density at radius 2 is 1.70 bits per heavy atom. The lowest BCUT2D eigenvalue weighted by Gasteiger charge is -2.40. The van der Waals surface area contributed by atoms with Gasteiger partial charge in [0.05, 0.1) is 38.9 Å². The van der Waals surface area contributed by atoms with Gasteiger partial charge in [0, 0.05) is 57.0 Å². The number of imide groups is 1. The number of anilines is 2. The molecular weight excluding hydrogens is 804 g/mol. The molecule has 318 valence electrons. The lowest BCUT2D eigenvalue weighted by Crippen LogP contribution is -2.45. The van der Waals surface area contributed by atoms with E-state index >= 15 is 0 Å². The van der Waals surface area contributed by atoms with E-state index in [-0.39, 0.29) is 41.1 Å². The van der Waals surface area contributed by atoms with Crippen molar-refractivity contribution in [1.82, 2.24) is 34.1 Å². The Bertz CT molecular complexity index is 2670. The number of alkyl halides is 3. The Labute approximate surface area is 343 Å². The van der Waals surface area contributed by atoms with Crippen LogP contribution in [0.5, 0.6) is 0 Å². The SMILES string of the molecule is CN(C[C@H]1CC[C@H](n2cc3cc(NC(=O)c4cccc(C(F)(F)F)n4)c(S(C)(=O)=O)cc3n2)CC1)C1CCN(c2cccc3c2n(C)c(=O)n3C2CCC(=O)NC2=O)CC1. The van der Waals surface area contributed by atoms with Crippen LogP contribution in [0.25, 0.3) is 21.9 Å². The minimum Gasteiger partial charge on any atom is -0.370 e. The summed E-state index contributed by atoms with van der Waals surface area (Å²) in [5.74, 6) is -1.28. The molecule has 0 bridgehead atoms. The third-order valence-corrected chi connectivity index (χ3v) is 13.4. The summed E-state index contributed by atoms with van der Waals surface area (Å²) in [6.45, 7) is 2.55. The molecule has 8 rings (SSSR count). The Morgan fingerprint density at radius 1 is 0.983 bits per heavy atom. The standard InChI is InChI=1S/C41H46F3N9O6S/c1-49(26-16-18-51(19-17-26)31-7-5-8-32-37(31)50(2)40(57)53(32)33-14-15-36(54)47-39(33)56)22-24-10-12-27(13-11-24)52-23-25-20-30(34(60(3,58)59)21-29(25)48-52)46-38(55)28-6-4-9-35(45-28)41(42,43)44/h4-9,20-21,23-24,26-27,33H,10-19,22H2,1-3H3,(H,46,55)(H,47,54,56)/t24-,27-,33?. The number of carbonyl (C=O) groups is 3. The van der Waals surface area contributed by atoms with Gasteiger partial charge in [0.25, 0.3) is 5.91 Å². The van der Waals surface area contributed by atoms with Crippen molar-refractivity contribution in [3.05, 3.63) is 76.6 Å². The average molecular weight is 850 g/mol. The molecule has 1 saturated carbocycles. The first-order valence-corrected chi connectivity index (χ1v) is 21.9. The zero-order valence-electron chi connectivity index (χ0n) is 33.4. The van der Waals surface area contributed by atoms with Crippen LogP contribution in [-0.4, -0.2) is 93.9 Å². The van der Waals surface area contributed by atoms with Crippen molar-refractivity contribution in [2.24, 2.45) is 13.0 Å². The molecule has 3 aromatic heterocycles. The maximum Gasteiger partial charge on any atom is 0.433 e. The Kier molecular flexibility index (Phi) is 10.8. The molecule has 5 aromatic rings. The van der Waals surface area contributed by atoms with Gasteiger partial charge in [-0.05, 0) is 94.3 Å². The van der Waals surface area contributed by atoms with Crippen molar-refractivity contribution in [2.75, 3.05) is 43.2 Å². The molecule has 5 heterocycles. The molecule has 3 amide bonds. The van der Waals surface area contributed by atoms with E-state index < -0.39 is 45.3 Å². The zero-order chi connectivity index (χ0) is 42.7. The quantitative estimate of drug-likeness (QED) is 0.191. The number of amides is 3. The number of benzene rings is 2. The van der Waals surface area contributed by atoms with Crippen molar-refractivity contribution >= 4 is 60.9 Å². The molecular formula is C41H46F3N9O6S. The van der Waals surface area contributed by atoms with Gasteiger partial charge in [0.1, 0.15) is 17.4 Å². The van der Waals surface area contributed by atoms with Gasteiger partial charge in [-0.1, -0.05) is 12.1 Å². The fourth-order valence-corrected chi connectivity index (χ4v) is 10.0. The number of pyridine rings is 1. The van der Waals surface area contributed by atoms with Crippen LogP contribution < -0.4 is 21.2 Å². The largest absolute Gasteiger partial charge is 0.433 e. The highest BCUT2D eigenvalue weighted by Gasteiger charge is 2.35. The van der Waals surface area contributed by atoms with E-state index in [2.05, 4.69) is 32.5 Å². The second kappa shape index (κ2) is 15.8. The molecule has 3 fully saturated rings. The van der Waals surface area contributed by atoms with Crippen molar-refractivity contribution < 1.29 is 36.0 Å². The minimum absolute atomic E-state index is 0.0714. The van der Waals surface area contributed by atoms with Crippen LogP contribution in [0.3, 0.4) is 0 Å². The molecule has 0 radical (unpaired) electrons. The number of rotatable bonds is 9. The number of nitrogens with one attached hydrogen (secondary N) is 2. The van der Waals surface area contributed by atoms with E-state index in [0.29, 0.717) is 28.4 Å². The van der Waals surface area contributed by atoms with E-state index in [0.717, 1.165) is 93.8 Å². The summed E-state index contributed by atoms with van der Waals surface area (Å²) in [4.78, 5) is 58.9. The van der Waals surface area contributed by atoms with Crippen LogP contribution in [0.1, 0.15) is 79.6 Å². The number of fused-ring (bicyclic) bond motifs is 2. The number of hydrogen-bond acceptors (Lipinski definition) is 10. The zero-order valence-corrected chi connectivity index (χ0v) is 34.2. The number of nitrogens with zero attached hydrogens (tertiary/aromatic N) is 7. The van der Waals surface area contributed by atoms with Gasteiger partial charge < -0.3 is 15.1 Å². The van der Waals surface area contributed by atoms with E-state index in [1.165, 1.54) is 16.7 Å². The van der Waals surface area contributed by atoms with Crippen molar-refractivity contribution in [1.29, 1.82) is 0 Å². The Morgan fingerprint density at radius 3 is 2.38 bits per heavy atom. The van der Waals surface area contributed by atoms with Gasteiger partial charge in [0.15, 0.2) is 9.84 Å². The minimum atomic E-state index is -4.75. The average Bonchev–Trinajstić information content (AvgIpc) is 3.74. The van der Waals surface area contributed by atoms with Gasteiger partial charge in [-0.2, -0.15) is 18.3 Å². The number of carbonyl (C=O) groups excluding carboxylic acids is 3. The van der Waals surface area contributed by atoms with Crippen LogP contribution >= 0.6 is 0 Å². The third-order valence-electron chi connectivity index (χ3n) is 12.3. The number of sulfone groups is 1. The highest BCUT2D eigenvalue weighted by atomic mass is 32.2. The molecule has 15 nitrogen and oxygen atoms in total. The summed E-state index contributed by atoms with van der Waals surface area (Å²) in [5, 5.41) is 10.1. The number of para-hydroxylation sites is 1. The first-order valence-electron chi connectivity index (χ1n) is 20.0. The van der Waals surface area contributed by atoms with Gasteiger partial charge in [-0.25, -0.2) is 18.2 Å². The molecule has 0 spiro atoms.